The lowest BCUT2D eigenvalue weighted by Crippen LogP contribution is -2.18. The average Bonchev–Trinajstić information content (AvgIpc) is 2.39. The van der Waals surface area contributed by atoms with Crippen LogP contribution in [0.4, 0.5) is 16.2 Å². The van der Waals surface area contributed by atoms with E-state index in [4.69, 9.17) is 0 Å². The van der Waals surface area contributed by atoms with E-state index in [1.165, 1.54) is 0 Å². The highest BCUT2D eigenvalue weighted by Crippen LogP contribution is 2.11. The van der Waals surface area contributed by atoms with Crippen molar-refractivity contribution in [3.8, 4) is 0 Å². The Morgan fingerprint density at radius 2 is 2.00 bits per heavy atom. The summed E-state index contributed by atoms with van der Waals surface area (Å²) in [6.07, 6.45) is 1.96. The average molecular weight is 290 g/mol. The Kier molecular flexibility index (Phi) is 5.94. The molecule has 1 aromatic rings. The molecular formula is C11H19FN4O2S. The van der Waals surface area contributed by atoms with E-state index in [1.54, 1.807) is 6.92 Å². The van der Waals surface area contributed by atoms with Gasteiger partial charge in [0.1, 0.15) is 0 Å². The van der Waals surface area contributed by atoms with Crippen LogP contribution >= 0.6 is 0 Å². The molecule has 19 heavy (non-hydrogen) atoms. The van der Waals surface area contributed by atoms with Crippen molar-refractivity contribution in [2.45, 2.75) is 20.3 Å². The highest BCUT2D eigenvalue weighted by Gasteiger charge is 2.10. The van der Waals surface area contributed by atoms with E-state index in [0.717, 1.165) is 12.6 Å². The highest BCUT2D eigenvalue weighted by atomic mass is 32.2. The summed E-state index contributed by atoms with van der Waals surface area (Å²) in [5.41, 5.74) is 0. The fourth-order valence-electron chi connectivity index (χ4n) is 1.28. The van der Waals surface area contributed by atoms with Crippen LogP contribution in [0.15, 0.2) is 6.20 Å². The third-order valence-corrected chi connectivity index (χ3v) is 4.13. The number of nitrogens with zero attached hydrogens (tertiary/aromatic N) is 2. The highest BCUT2D eigenvalue weighted by molar-refractivity contribution is 7.91. The van der Waals surface area contributed by atoms with Crippen molar-refractivity contribution in [3.05, 3.63) is 12.0 Å². The Labute approximate surface area is 112 Å². The second kappa shape index (κ2) is 7.22. The van der Waals surface area contributed by atoms with E-state index in [2.05, 4.69) is 20.6 Å². The van der Waals surface area contributed by atoms with E-state index < -0.39 is 15.7 Å². The van der Waals surface area contributed by atoms with Gasteiger partial charge in [-0.1, -0.05) is 13.8 Å². The lowest BCUT2D eigenvalue weighted by atomic mass is 10.5. The van der Waals surface area contributed by atoms with Crippen LogP contribution in [0.5, 0.6) is 0 Å². The standard InChI is InChI=1S/C11H19FN4O2S/c1-3-5-14-11-15-8-9(12)10(16-11)13-6-7-19(17,18)4-2/h8H,3-7H2,1-2H3,(H2,13,14,15,16). The normalized spacial score (nSPS) is 11.3. The molecule has 1 rings (SSSR count). The van der Waals surface area contributed by atoms with Gasteiger partial charge in [-0.2, -0.15) is 4.98 Å². The lowest BCUT2D eigenvalue weighted by Gasteiger charge is -2.08. The van der Waals surface area contributed by atoms with Crippen molar-refractivity contribution in [2.75, 3.05) is 35.2 Å². The van der Waals surface area contributed by atoms with Gasteiger partial charge >= 0.3 is 0 Å². The fourth-order valence-corrected chi connectivity index (χ4v) is 1.98. The van der Waals surface area contributed by atoms with Crippen molar-refractivity contribution < 1.29 is 12.8 Å². The van der Waals surface area contributed by atoms with E-state index in [9.17, 15) is 12.8 Å². The first-order chi connectivity index (χ1) is 8.98. The van der Waals surface area contributed by atoms with Crippen LogP contribution in [0.3, 0.4) is 0 Å². The zero-order chi connectivity index (χ0) is 14.3. The first-order valence-corrected chi connectivity index (χ1v) is 8.01. The SMILES string of the molecule is CCCNc1ncc(F)c(NCCS(=O)(=O)CC)n1. The van der Waals surface area contributed by atoms with Gasteiger partial charge in [0.2, 0.25) is 5.95 Å². The van der Waals surface area contributed by atoms with Gasteiger partial charge in [0.15, 0.2) is 21.5 Å². The maximum atomic E-state index is 13.4. The van der Waals surface area contributed by atoms with Crippen molar-refractivity contribution >= 4 is 21.6 Å². The predicted octanol–water partition coefficient (Wildman–Crippen LogP) is 1.28. The Morgan fingerprint density at radius 3 is 2.63 bits per heavy atom. The van der Waals surface area contributed by atoms with E-state index in [1.807, 2.05) is 6.92 Å². The monoisotopic (exact) mass is 290 g/mol. The number of aromatic nitrogens is 2. The molecule has 0 aromatic carbocycles. The molecule has 0 spiro atoms. The smallest absolute Gasteiger partial charge is 0.224 e. The molecule has 1 aromatic heterocycles. The van der Waals surface area contributed by atoms with Crippen molar-refractivity contribution in [1.29, 1.82) is 0 Å². The molecule has 0 fully saturated rings. The topological polar surface area (TPSA) is 84.0 Å². The number of hydrogen-bond acceptors (Lipinski definition) is 6. The summed E-state index contributed by atoms with van der Waals surface area (Å²) >= 11 is 0. The molecule has 0 aliphatic carbocycles. The van der Waals surface area contributed by atoms with Crippen molar-refractivity contribution in [1.82, 2.24) is 9.97 Å². The summed E-state index contributed by atoms with van der Waals surface area (Å²) in [7, 11) is -3.07. The number of halogens is 1. The first-order valence-electron chi connectivity index (χ1n) is 6.19. The Hall–Kier alpha value is -1.44. The van der Waals surface area contributed by atoms with Crippen LogP contribution in [0.1, 0.15) is 20.3 Å². The molecule has 0 bridgehead atoms. The Morgan fingerprint density at radius 1 is 1.26 bits per heavy atom. The predicted molar refractivity (Wildman–Crippen MR) is 73.6 cm³/mol. The molecule has 1 heterocycles. The molecule has 0 saturated carbocycles. The molecular weight excluding hydrogens is 271 g/mol. The molecule has 0 radical (unpaired) electrons. The van der Waals surface area contributed by atoms with Gasteiger partial charge in [-0.15, -0.1) is 0 Å². The molecule has 108 valence electrons. The van der Waals surface area contributed by atoms with Crippen LogP contribution in [-0.2, 0) is 9.84 Å². The van der Waals surface area contributed by atoms with Gasteiger partial charge in [0.05, 0.1) is 11.9 Å². The maximum absolute atomic E-state index is 13.4. The molecule has 0 unspecified atom stereocenters. The largest absolute Gasteiger partial charge is 0.366 e. The summed E-state index contributed by atoms with van der Waals surface area (Å²) in [5.74, 6) is -0.241. The molecule has 2 N–H and O–H groups in total. The van der Waals surface area contributed by atoms with Gasteiger partial charge in [0, 0.05) is 18.8 Å². The summed E-state index contributed by atoms with van der Waals surface area (Å²) in [6, 6.07) is 0. The van der Waals surface area contributed by atoms with E-state index >= 15 is 0 Å². The van der Waals surface area contributed by atoms with Gasteiger partial charge in [-0.3, -0.25) is 0 Å². The molecule has 0 amide bonds. The molecule has 0 aliphatic heterocycles. The minimum Gasteiger partial charge on any atom is -0.366 e. The van der Waals surface area contributed by atoms with Gasteiger partial charge in [-0.25, -0.2) is 17.8 Å². The number of nitrogens with one attached hydrogen (secondary N) is 2. The van der Waals surface area contributed by atoms with Crippen LogP contribution in [0, 0.1) is 5.82 Å². The number of rotatable bonds is 8. The summed E-state index contributed by atoms with van der Waals surface area (Å²) < 4.78 is 36.0. The van der Waals surface area contributed by atoms with Crippen molar-refractivity contribution in [2.24, 2.45) is 0 Å². The molecule has 6 nitrogen and oxygen atoms in total. The fraction of sp³-hybridized carbons (Fsp3) is 0.636. The lowest BCUT2D eigenvalue weighted by molar-refractivity contribution is 0.596. The zero-order valence-corrected chi connectivity index (χ0v) is 11.9. The van der Waals surface area contributed by atoms with Gasteiger partial charge in [-0.05, 0) is 6.42 Å². The van der Waals surface area contributed by atoms with Crippen LogP contribution in [0.2, 0.25) is 0 Å². The number of anilines is 2. The van der Waals surface area contributed by atoms with Crippen molar-refractivity contribution in [3.63, 3.8) is 0 Å². The minimum absolute atomic E-state index is 0.0138. The third-order valence-electron chi connectivity index (χ3n) is 2.42. The van der Waals surface area contributed by atoms with E-state index in [0.29, 0.717) is 12.5 Å². The van der Waals surface area contributed by atoms with Crippen LogP contribution in [0.25, 0.3) is 0 Å². The molecule has 0 atom stereocenters. The van der Waals surface area contributed by atoms with Crippen LogP contribution < -0.4 is 10.6 Å². The zero-order valence-electron chi connectivity index (χ0n) is 11.1. The quantitative estimate of drug-likeness (QED) is 0.750. The summed E-state index contributed by atoms with van der Waals surface area (Å²) in [5, 5.41) is 5.61. The summed E-state index contributed by atoms with van der Waals surface area (Å²) in [6.45, 7) is 4.38. The Bertz CT molecular complexity index is 507. The second-order valence-electron chi connectivity index (χ2n) is 3.98. The maximum Gasteiger partial charge on any atom is 0.224 e. The van der Waals surface area contributed by atoms with Gasteiger partial charge in [0.25, 0.3) is 0 Å². The summed E-state index contributed by atoms with van der Waals surface area (Å²) in [4.78, 5) is 7.75. The number of hydrogen-bond donors (Lipinski definition) is 2. The second-order valence-corrected chi connectivity index (χ2v) is 6.45. The molecule has 0 aliphatic rings. The molecule has 8 heteroatoms. The van der Waals surface area contributed by atoms with Gasteiger partial charge < -0.3 is 10.6 Å². The Balaban J connectivity index is 2.61. The first kappa shape index (κ1) is 15.6. The molecule has 0 saturated heterocycles. The van der Waals surface area contributed by atoms with Crippen LogP contribution in [-0.4, -0.2) is 43.0 Å². The minimum atomic E-state index is -3.07. The number of sulfone groups is 1. The van der Waals surface area contributed by atoms with E-state index in [-0.39, 0.29) is 23.9 Å². The third kappa shape index (κ3) is 5.37.